The fraction of sp³-hybridized carbons (Fsp3) is 0.391. The number of aryl methyl sites for hydroxylation is 1. The summed E-state index contributed by atoms with van der Waals surface area (Å²) in [6, 6.07) is 12.0. The van der Waals surface area contributed by atoms with Crippen molar-refractivity contribution in [1.82, 2.24) is 19.8 Å². The molecule has 1 saturated heterocycles. The summed E-state index contributed by atoms with van der Waals surface area (Å²) < 4.78 is 11.4. The molecular weight excluding hydrogens is 380 g/mol. The van der Waals surface area contributed by atoms with Gasteiger partial charge in [-0.15, -0.1) is 0 Å². The standard InChI is InChI=1S/C23H26N4O3/c1-16-24-20-4-3-18(13-21(20)25-16)23(28)27-8-11-30-22-5-2-17(12-19(22)15-27)14-26-6-9-29-10-7-26/h2-5,12-13H,6-11,14-15H2,1H3,(H,24,25). The van der Waals surface area contributed by atoms with Gasteiger partial charge in [0.15, 0.2) is 0 Å². The van der Waals surface area contributed by atoms with Crippen LogP contribution in [-0.2, 0) is 17.8 Å². The number of imidazole rings is 1. The van der Waals surface area contributed by atoms with Crippen molar-refractivity contribution in [3.05, 3.63) is 58.9 Å². The Morgan fingerprint density at radius 1 is 1.10 bits per heavy atom. The molecule has 7 heteroatoms. The highest BCUT2D eigenvalue weighted by Gasteiger charge is 2.22. The molecule has 0 atom stereocenters. The molecule has 3 aromatic rings. The Bertz CT molecular complexity index is 1070. The van der Waals surface area contributed by atoms with Gasteiger partial charge >= 0.3 is 0 Å². The lowest BCUT2D eigenvalue weighted by atomic mass is 10.1. The minimum atomic E-state index is 0.0131. The molecule has 1 amide bonds. The van der Waals surface area contributed by atoms with E-state index in [0.29, 0.717) is 25.3 Å². The zero-order valence-electron chi connectivity index (χ0n) is 17.2. The molecule has 1 N–H and O–H groups in total. The van der Waals surface area contributed by atoms with Crippen LogP contribution in [0.25, 0.3) is 11.0 Å². The summed E-state index contributed by atoms with van der Waals surface area (Å²) in [5, 5.41) is 0. The number of carbonyl (C=O) groups is 1. The van der Waals surface area contributed by atoms with Gasteiger partial charge in [-0.05, 0) is 42.8 Å². The van der Waals surface area contributed by atoms with Crippen LogP contribution in [0.4, 0.5) is 0 Å². The van der Waals surface area contributed by atoms with Gasteiger partial charge in [0.2, 0.25) is 0 Å². The van der Waals surface area contributed by atoms with E-state index in [2.05, 4.69) is 27.0 Å². The Balaban J connectivity index is 1.36. The number of nitrogens with one attached hydrogen (secondary N) is 1. The molecule has 2 aromatic carbocycles. The van der Waals surface area contributed by atoms with Gasteiger partial charge in [0.05, 0.1) is 30.8 Å². The van der Waals surface area contributed by atoms with Crippen molar-refractivity contribution in [3.63, 3.8) is 0 Å². The molecule has 0 bridgehead atoms. The van der Waals surface area contributed by atoms with Gasteiger partial charge < -0.3 is 19.4 Å². The quantitative estimate of drug-likeness (QED) is 0.724. The number of aromatic nitrogens is 2. The fourth-order valence-electron chi connectivity index (χ4n) is 4.19. The number of nitrogens with zero attached hydrogens (tertiary/aromatic N) is 3. The predicted octanol–water partition coefficient (Wildman–Crippen LogP) is 2.74. The summed E-state index contributed by atoms with van der Waals surface area (Å²) in [5.74, 6) is 1.73. The second-order valence-corrected chi connectivity index (χ2v) is 7.96. The van der Waals surface area contributed by atoms with Crippen molar-refractivity contribution >= 4 is 16.9 Å². The average molecular weight is 406 g/mol. The molecule has 0 saturated carbocycles. The maximum absolute atomic E-state index is 13.2. The third-order valence-corrected chi connectivity index (χ3v) is 5.75. The van der Waals surface area contributed by atoms with Gasteiger partial charge in [-0.25, -0.2) is 4.98 Å². The number of hydrogen-bond donors (Lipinski definition) is 1. The number of benzene rings is 2. The Labute approximate surface area is 175 Å². The van der Waals surface area contributed by atoms with Crippen molar-refractivity contribution in [1.29, 1.82) is 0 Å². The van der Waals surface area contributed by atoms with Crippen molar-refractivity contribution in [2.24, 2.45) is 0 Å². The first-order valence-electron chi connectivity index (χ1n) is 10.5. The Morgan fingerprint density at radius 2 is 1.97 bits per heavy atom. The monoisotopic (exact) mass is 406 g/mol. The molecule has 2 aliphatic rings. The first-order valence-corrected chi connectivity index (χ1v) is 10.5. The Kier molecular flexibility index (Phi) is 5.14. The maximum Gasteiger partial charge on any atom is 0.254 e. The molecule has 30 heavy (non-hydrogen) atoms. The first kappa shape index (κ1) is 19.1. The number of rotatable bonds is 3. The zero-order chi connectivity index (χ0) is 20.5. The number of carbonyl (C=O) groups excluding carboxylic acids is 1. The Morgan fingerprint density at radius 3 is 2.83 bits per heavy atom. The molecule has 1 aromatic heterocycles. The molecule has 0 aliphatic carbocycles. The number of morpholine rings is 1. The highest BCUT2D eigenvalue weighted by Crippen LogP contribution is 2.26. The van der Waals surface area contributed by atoms with Crippen LogP contribution in [0.2, 0.25) is 0 Å². The molecular formula is C23H26N4O3. The van der Waals surface area contributed by atoms with Crippen LogP contribution in [0.3, 0.4) is 0 Å². The van der Waals surface area contributed by atoms with Crippen molar-refractivity contribution in [2.45, 2.75) is 20.0 Å². The predicted molar refractivity (Wildman–Crippen MR) is 114 cm³/mol. The number of ether oxygens (including phenoxy) is 2. The molecule has 156 valence electrons. The lowest BCUT2D eigenvalue weighted by Crippen LogP contribution is -2.35. The lowest BCUT2D eigenvalue weighted by molar-refractivity contribution is 0.0341. The molecule has 0 spiro atoms. The summed E-state index contributed by atoms with van der Waals surface area (Å²) in [7, 11) is 0. The molecule has 3 heterocycles. The van der Waals surface area contributed by atoms with E-state index in [-0.39, 0.29) is 5.91 Å². The van der Waals surface area contributed by atoms with E-state index >= 15 is 0 Å². The molecule has 2 aliphatic heterocycles. The van der Waals surface area contributed by atoms with E-state index in [4.69, 9.17) is 9.47 Å². The average Bonchev–Trinajstić information content (AvgIpc) is 3.00. The molecule has 0 unspecified atom stereocenters. The van der Waals surface area contributed by atoms with Gasteiger partial charge in [-0.2, -0.15) is 0 Å². The van der Waals surface area contributed by atoms with E-state index in [9.17, 15) is 4.79 Å². The highest BCUT2D eigenvalue weighted by molar-refractivity contribution is 5.97. The van der Waals surface area contributed by atoms with E-state index in [1.165, 1.54) is 5.56 Å². The van der Waals surface area contributed by atoms with E-state index < -0.39 is 0 Å². The number of amides is 1. The molecule has 5 rings (SSSR count). The lowest BCUT2D eigenvalue weighted by Gasteiger charge is -2.27. The second kappa shape index (κ2) is 8.08. The second-order valence-electron chi connectivity index (χ2n) is 7.96. The third-order valence-electron chi connectivity index (χ3n) is 5.75. The molecule has 0 radical (unpaired) electrons. The Hall–Kier alpha value is -2.90. The van der Waals surface area contributed by atoms with Gasteiger partial charge in [0, 0.05) is 37.3 Å². The summed E-state index contributed by atoms with van der Waals surface area (Å²) in [6.07, 6.45) is 0. The largest absolute Gasteiger partial charge is 0.491 e. The maximum atomic E-state index is 13.2. The summed E-state index contributed by atoms with van der Waals surface area (Å²) >= 11 is 0. The van der Waals surface area contributed by atoms with Gasteiger partial charge in [-0.1, -0.05) is 6.07 Å². The van der Waals surface area contributed by atoms with Crippen LogP contribution >= 0.6 is 0 Å². The minimum Gasteiger partial charge on any atom is -0.491 e. The number of H-pyrrole nitrogens is 1. The number of hydrogen-bond acceptors (Lipinski definition) is 5. The van der Waals surface area contributed by atoms with E-state index in [1.54, 1.807) is 0 Å². The van der Waals surface area contributed by atoms with Crippen LogP contribution in [0.15, 0.2) is 36.4 Å². The van der Waals surface area contributed by atoms with Crippen LogP contribution in [0.1, 0.15) is 27.3 Å². The molecule has 7 nitrogen and oxygen atoms in total. The van der Waals surface area contributed by atoms with Crippen LogP contribution in [0, 0.1) is 6.92 Å². The van der Waals surface area contributed by atoms with Gasteiger partial charge in [0.25, 0.3) is 5.91 Å². The summed E-state index contributed by atoms with van der Waals surface area (Å²) in [4.78, 5) is 25.1. The van der Waals surface area contributed by atoms with Crippen molar-refractivity contribution in [3.8, 4) is 5.75 Å². The SMILES string of the molecule is Cc1nc2ccc(C(=O)N3CCOc4ccc(CN5CCOCC5)cc4C3)cc2[nH]1. The molecule has 1 fully saturated rings. The minimum absolute atomic E-state index is 0.0131. The first-order chi connectivity index (χ1) is 14.7. The van der Waals surface area contributed by atoms with Crippen LogP contribution < -0.4 is 4.74 Å². The van der Waals surface area contributed by atoms with E-state index in [0.717, 1.165) is 61.0 Å². The number of aromatic amines is 1. The summed E-state index contributed by atoms with van der Waals surface area (Å²) in [6.45, 7) is 7.89. The van der Waals surface area contributed by atoms with Crippen LogP contribution in [0.5, 0.6) is 5.75 Å². The number of fused-ring (bicyclic) bond motifs is 2. The van der Waals surface area contributed by atoms with Crippen LogP contribution in [-0.4, -0.2) is 65.1 Å². The summed E-state index contributed by atoms with van der Waals surface area (Å²) in [5.41, 5.74) is 4.73. The fourth-order valence-corrected chi connectivity index (χ4v) is 4.19. The van der Waals surface area contributed by atoms with E-state index in [1.807, 2.05) is 36.1 Å². The smallest absolute Gasteiger partial charge is 0.254 e. The highest BCUT2D eigenvalue weighted by atomic mass is 16.5. The van der Waals surface area contributed by atoms with Gasteiger partial charge in [0.1, 0.15) is 18.2 Å². The normalized spacial score (nSPS) is 17.4. The van der Waals surface area contributed by atoms with Crippen molar-refractivity contribution in [2.75, 3.05) is 39.5 Å². The van der Waals surface area contributed by atoms with Crippen molar-refractivity contribution < 1.29 is 14.3 Å². The zero-order valence-corrected chi connectivity index (χ0v) is 17.2. The van der Waals surface area contributed by atoms with Gasteiger partial charge in [-0.3, -0.25) is 9.69 Å². The topological polar surface area (TPSA) is 70.7 Å². The third kappa shape index (κ3) is 3.91.